The average molecular weight is 471 g/mol. The molecule has 1 aromatic heterocycles. The zero-order valence-electron chi connectivity index (χ0n) is 19.9. The second-order valence-corrected chi connectivity index (χ2v) is 10.5. The van der Waals surface area contributed by atoms with E-state index < -0.39 is 24.1 Å². The summed E-state index contributed by atoms with van der Waals surface area (Å²) in [5, 5.41) is 0.0116. The fraction of sp³-hybridized carbons (Fsp3) is 0.440. The maximum absolute atomic E-state index is 13.8. The first-order chi connectivity index (χ1) is 15.4. The Morgan fingerprint density at radius 1 is 1.12 bits per heavy atom. The van der Waals surface area contributed by atoms with Gasteiger partial charge in [0.15, 0.2) is 5.78 Å². The molecular weight excluding hydrogens is 442 g/mol. The van der Waals surface area contributed by atoms with Crippen molar-refractivity contribution in [3.63, 3.8) is 0 Å². The van der Waals surface area contributed by atoms with Gasteiger partial charge < -0.3 is 13.9 Å². The van der Waals surface area contributed by atoms with E-state index in [0.717, 1.165) is 11.0 Å². The van der Waals surface area contributed by atoms with Gasteiger partial charge in [-0.25, -0.2) is 9.37 Å². The molecule has 0 atom stereocenters. The van der Waals surface area contributed by atoms with Crippen LogP contribution in [-0.4, -0.2) is 33.7 Å². The van der Waals surface area contributed by atoms with Crippen LogP contribution in [0, 0.1) is 11.7 Å². The smallest absolute Gasteiger partial charge is 0.399 e. The van der Waals surface area contributed by atoms with Crippen LogP contribution in [0.5, 0.6) is 0 Å². The lowest BCUT2D eigenvalue weighted by Crippen LogP contribution is -2.41. The third kappa shape index (κ3) is 4.59. The summed E-state index contributed by atoms with van der Waals surface area (Å²) >= 11 is 6.04. The number of hydrogen-bond acceptors (Lipinski definition) is 4. The standard InChI is InChI=1S/C25H29BClFN2O3/c1-15(2)11-18(31)14-30-22-10-8-17(26-32-24(3,4)25(5,6)33-26)13-21(22)29-23(30)16-7-9-20(28)19(27)12-16/h7-10,12-13,15H,11,14H2,1-6H3. The van der Waals surface area contributed by atoms with Crippen LogP contribution in [0.15, 0.2) is 36.4 Å². The summed E-state index contributed by atoms with van der Waals surface area (Å²) in [5.41, 5.74) is 2.10. The van der Waals surface area contributed by atoms with Gasteiger partial charge in [0.05, 0.1) is 33.8 Å². The van der Waals surface area contributed by atoms with Crippen LogP contribution in [-0.2, 0) is 20.6 Å². The van der Waals surface area contributed by atoms with Crippen molar-refractivity contribution in [2.75, 3.05) is 0 Å². The molecule has 33 heavy (non-hydrogen) atoms. The Bertz CT molecular complexity index is 1210. The van der Waals surface area contributed by atoms with Crippen LogP contribution < -0.4 is 5.46 Å². The van der Waals surface area contributed by atoms with E-state index >= 15 is 0 Å². The molecule has 0 aliphatic carbocycles. The van der Waals surface area contributed by atoms with Crippen molar-refractivity contribution in [1.29, 1.82) is 0 Å². The fourth-order valence-electron chi connectivity index (χ4n) is 3.98. The molecule has 3 aromatic rings. The molecule has 4 rings (SSSR count). The van der Waals surface area contributed by atoms with E-state index in [-0.39, 0.29) is 23.3 Å². The van der Waals surface area contributed by atoms with Crippen molar-refractivity contribution in [2.24, 2.45) is 5.92 Å². The average Bonchev–Trinajstić information content (AvgIpc) is 3.16. The van der Waals surface area contributed by atoms with Crippen molar-refractivity contribution in [3.8, 4) is 11.4 Å². The molecule has 0 spiro atoms. The van der Waals surface area contributed by atoms with Gasteiger partial charge in [-0.1, -0.05) is 31.5 Å². The lowest BCUT2D eigenvalue weighted by Gasteiger charge is -2.32. The number of fused-ring (bicyclic) bond motifs is 1. The molecule has 5 nitrogen and oxygen atoms in total. The molecule has 0 bridgehead atoms. The second kappa shape index (κ2) is 8.53. The van der Waals surface area contributed by atoms with Gasteiger partial charge in [0, 0.05) is 12.0 Å². The van der Waals surface area contributed by atoms with E-state index in [9.17, 15) is 9.18 Å². The summed E-state index contributed by atoms with van der Waals surface area (Å²) in [6.07, 6.45) is 0.468. The van der Waals surface area contributed by atoms with Crippen molar-refractivity contribution < 1.29 is 18.5 Å². The number of hydrogen-bond donors (Lipinski definition) is 0. The van der Waals surface area contributed by atoms with Gasteiger partial charge in [-0.15, -0.1) is 0 Å². The number of carbonyl (C=O) groups excluding carboxylic acids is 1. The molecule has 2 heterocycles. The highest BCUT2D eigenvalue weighted by molar-refractivity contribution is 6.62. The molecule has 1 saturated heterocycles. The number of halogens is 2. The predicted molar refractivity (Wildman–Crippen MR) is 130 cm³/mol. The highest BCUT2D eigenvalue weighted by Gasteiger charge is 2.51. The monoisotopic (exact) mass is 470 g/mol. The number of nitrogens with zero attached hydrogens (tertiary/aromatic N) is 2. The number of carbonyl (C=O) groups is 1. The normalized spacial score (nSPS) is 17.3. The Morgan fingerprint density at radius 3 is 2.39 bits per heavy atom. The summed E-state index contributed by atoms with van der Waals surface area (Å²) in [7, 11) is -0.518. The van der Waals surface area contributed by atoms with Crippen molar-refractivity contribution in [2.45, 2.75) is 65.7 Å². The summed E-state index contributed by atoms with van der Waals surface area (Å²) in [5.74, 6) is 0.428. The molecule has 8 heteroatoms. The predicted octanol–water partition coefficient (Wildman–Crippen LogP) is 5.41. The van der Waals surface area contributed by atoms with Gasteiger partial charge in [0.1, 0.15) is 11.6 Å². The highest BCUT2D eigenvalue weighted by atomic mass is 35.5. The van der Waals surface area contributed by atoms with E-state index in [1.54, 1.807) is 6.07 Å². The Hall–Kier alpha value is -2.22. The number of imidazole rings is 1. The quantitative estimate of drug-likeness (QED) is 0.452. The fourth-order valence-corrected chi connectivity index (χ4v) is 4.17. The Labute approximate surface area is 199 Å². The summed E-state index contributed by atoms with van der Waals surface area (Å²) < 4.78 is 28.0. The summed E-state index contributed by atoms with van der Waals surface area (Å²) in [6.45, 7) is 12.2. The number of aromatic nitrogens is 2. The minimum Gasteiger partial charge on any atom is -0.399 e. The van der Waals surface area contributed by atoms with Gasteiger partial charge in [0.2, 0.25) is 0 Å². The summed E-state index contributed by atoms with van der Waals surface area (Å²) in [6, 6.07) is 10.3. The number of Topliss-reactive ketones (excluding diaryl/α,β-unsaturated/α-hetero) is 1. The minimum atomic E-state index is -0.518. The molecular formula is C25H29BClFN2O3. The molecule has 1 aliphatic rings. The summed E-state index contributed by atoms with van der Waals surface area (Å²) in [4.78, 5) is 17.5. The zero-order chi connectivity index (χ0) is 24.1. The Morgan fingerprint density at radius 2 is 1.79 bits per heavy atom. The zero-order valence-corrected chi connectivity index (χ0v) is 20.7. The highest BCUT2D eigenvalue weighted by Crippen LogP contribution is 2.37. The van der Waals surface area contributed by atoms with Crippen LogP contribution in [0.2, 0.25) is 5.02 Å². The van der Waals surface area contributed by atoms with Crippen LogP contribution >= 0.6 is 11.6 Å². The molecule has 0 amide bonds. The van der Waals surface area contributed by atoms with Crippen molar-refractivity contribution >= 4 is 41.0 Å². The largest absolute Gasteiger partial charge is 0.494 e. The lowest BCUT2D eigenvalue weighted by molar-refractivity contribution is -0.120. The first-order valence-electron chi connectivity index (χ1n) is 11.2. The molecule has 0 radical (unpaired) electrons. The number of benzene rings is 2. The van der Waals surface area contributed by atoms with Gasteiger partial charge in [0.25, 0.3) is 0 Å². The second-order valence-electron chi connectivity index (χ2n) is 10.1. The van der Waals surface area contributed by atoms with Crippen LogP contribution in [0.4, 0.5) is 4.39 Å². The molecule has 1 fully saturated rings. The van der Waals surface area contributed by atoms with Gasteiger partial charge >= 0.3 is 7.12 Å². The van der Waals surface area contributed by atoms with Gasteiger partial charge in [-0.2, -0.15) is 0 Å². The first kappa shape index (κ1) is 23.9. The SMILES string of the molecule is CC(C)CC(=O)Cn1c(-c2ccc(F)c(Cl)c2)nc2cc(B3OC(C)(C)C(C)(C)O3)ccc21. The van der Waals surface area contributed by atoms with E-state index in [1.165, 1.54) is 12.1 Å². The molecule has 0 unspecified atom stereocenters. The van der Waals surface area contributed by atoms with E-state index in [2.05, 4.69) is 0 Å². The van der Waals surface area contributed by atoms with E-state index in [1.807, 2.05) is 64.3 Å². The van der Waals surface area contributed by atoms with Crippen LogP contribution in [0.25, 0.3) is 22.4 Å². The Kier molecular flexibility index (Phi) is 6.19. The molecule has 1 aliphatic heterocycles. The maximum Gasteiger partial charge on any atom is 0.494 e. The number of rotatable bonds is 6. The third-order valence-corrected chi connectivity index (χ3v) is 6.74. The van der Waals surface area contributed by atoms with Crippen molar-refractivity contribution in [1.82, 2.24) is 9.55 Å². The van der Waals surface area contributed by atoms with Crippen molar-refractivity contribution in [3.05, 3.63) is 47.2 Å². The third-order valence-electron chi connectivity index (χ3n) is 6.45. The van der Waals surface area contributed by atoms with Gasteiger partial charge in [-0.3, -0.25) is 4.79 Å². The molecule has 0 N–H and O–H groups in total. The first-order valence-corrected chi connectivity index (χ1v) is 11.6. The lowest BCUT2D eigenvalue weighted by atomic mass is 9.79. The topological polar surface area (TPSA) is 53.4 Å². The van der Waals surface area contributed by atoms with E-state index in [4.69, 9.17) is 25.9 Å². The molecule has 0 saturated carbocycles. The minimum absolute atomic E-state index is 0.0116. The van der Waals surface area contributed by atoms with E-state index in [0.29, 0.717) is 23.3 Å². The molecule has 174 valence electrons. The van der Waals surface area contributed by atoms with Gasteiger partial charge in [-0.05, 0) is 69.4 Å². The maximum atomic E-state index is 13.8. The van der Waals surface area contributed by atoms with Crippen LogP contribution in [0.1, 0.15) is 48.0 Å². The molecule has 2 aromatic carbocycles. The Balaban J connectivity index is 1.79. The number of ketones is 1. The van der Waals surface area contributed by atoms with Crippen LogP contribution in [0.3, 0.4) is 0 Å².